The van der Waals surface area contributed by atoms with Crippen LogP contribution < -0.4 is 15.1 Å². The highest BCUT2D eigenvalue weighted by Crippen LogP contribution is 2.22. The minimum atomic E-state index is 0.0293. The Labute approximate surface area is 164 Å². The van der Waals surface area contributed by atoms with E-state index in [9.17, 15) is 4.79 Å². The number of nitrogens with one attached hydrogen (secondary N) is 1. The van der Waals surface area contributed by atoms with Gasteiger partial charge in [0.05, 0.1) is 6.42 Å². The van der Waals surface area contributed by atoms with Crippen LogP contribution in [-0.2, 0) is 11.2 Å². The summed E-state index contributed by atoms with van der Waals surface area (Å²) in [6.07, 6.45) is 0.431. The van der Waals surface area contributed by atoms with Crippen molar-refractivity contribution in [2.24, 2.45) is 0 Å². The highest BCUT2D eigenvalue weighted by Gasteiger charge is 2.17. The second-order valence-corrected chi connectivity index (χ2v) is 7.69. The molecule has 0 radical (unpaired) electrons. The van der Waals surface area contributed by atoms with Crippen molar-refractivity contribution in [3.63, 3.8) is 0 Å². The minimum Gasteiger partial charge on any atom is -0.368 e. The van der Waals surface area contributed by atoms with Crippen molar-refractivity contribution in [2.75, 3.05) is 41.3 Å². The number of carbonyl (C=O) groups excluding carboxylic acids is 1. The number of rotatable bonds is 5. The smallest absolute Gasteiger partial charge is 0.229 e. The molecule has 1 saturated heterocycles. The Morgan fingerprint density at radius 3 is 2.04 bits per heavy atom. The van der Waals surface area contributed by atoms with E-state index >= 15 is 0 Å². The van der Waals surface area contributed by atoms with Gasteiger partial charge in [-0.2, -0.15) is 0 Å². The fourth-order valence-electron chi connectivity index (χ4n) is 3.39. The zero-order valence-corrected chi connectivity index (χ0v) is 16.0. The van der Waals surface area contributed by atoms with Gasteiger partial charge >= 0.3 is 0 Å². The molecule has 0 spiro atoms. The molecule has 3 aromatic rings. The zero-order valence-electron chi connectivity index (χ0n) is 15.2. The van der Waals surface area contributed by atoms with Gasteiger partial charge in [0.15, 0.2) is 0 Å². The molecular weight excluding hydrogens is 354 g/mol. The molecule has 5 heteroatoms. The van der Waals surface area contributed by atoms with Gasteiger partial charge in [-0.15, -0.1) is 11.3 Å². The van der Waals surface area contributed by atoms with Crippen LogP contribution in [0.3, 0.4) is 0 Å². The molecule has 1 aromatic heterocycles. The van der Waals surface area contributed by atoms with Crippen LogP contribution in [-0.4, -0.2) is 32.1 Å². The molecule has 0 saturated carbocycles. The normalized spacial score (nSPS) is 14.2. The van der Waals surface area contributed by atoms with Crippen molar-refractivity contribution in [1.29, 1.82) is 0 Å². The molecule has 0 unspecified atom stereocenters. The van der Waals surface area contributed by atoms with E-state index < -0.39 is 0 Å². The first-order valence-corrected chi connectivity index (χ1v) is 10.1. The molecule has 4 nitrogen and oxygen atoms in total. The molecule has 1 fully saturated rings. The van der Waals surface area contributed by atoms with E-state index in [1.54, 1.807) is 11.3 Å². The third-order valence-corrected chi connectivity index (χ3v) is 5.71. The van der Waals surface area contributed by atoms with Crippen LogP contribution in [0, 0.1) is 0 Å². The van der Waals surface area contributed by atoms with E-state index in [1.165, 1.54) is 11.4 Å². The van der Waals surface area contributed by atoms with Gasteiger partial charge in [-0.05, 0) is 47.8 Å². The van der Waals surface area contributed by atoms with E-state index in [0.29, 0.717) is 6.42 Å². The average Bonchev–Trinajstić information content (AvgIpc) is 3.22. The number of hydrogen-bond acceptors (Lipinski definition) is 4. The Kier molecular flexibility index (Phi) is 5.39. The molecule has 1 aliphatic heterocycles. The Bertz CT molecular complexity index is 854. The Balaban J connectivity index is 1.31. The molecule has 2 heterocycles. The molecule has 0 bridgehead atoms. The van der Waals surface area contributed by atoms with Crippen LogP contribution >= 0.6 is 11.3 Å². The molecule has 0 aliphatic carbocycles. The van der Waals surface area contributed by atoms with Crippen molar-refractivity contribution in [3.8, 4) is 0 Å². The molecule has 138 valence electrons. The first-order chi connectivity index (χ1) is 13.3. The minimum absolute atomic E-state index is 0.0293. The summed E-state index contributed by atoms with van der Waals surface area (Å²) in [4.78, 5) is 18.0. The van der Waals surface area contributed by atoms with Crippen LogP contribution in [0.25, 0.3) is 0 Å². The van der Waals surface area contributed by atoms with E-state index in [0.717, 1.165) is 36.7 Å². The van der Waals surface area contributed by atoms with Crippen molar-refractivity contribution < 1.29 is 4.79 Å². The van der Waals surface area contributed by atoms with Gasteiger partial charge in [-0.25, -0.2) is 0 Å². The number of thiophene rings is 1. The van der Waals surface area contributed by atoms with Gasteiger partial charge in [-0.3, -0.25) is 4.79 Å². The van der Waals surface area contributed by atoms with Crippen LogP contribution in [0.5, 0.6) is 0 Å². The van der Waals surface area contributed by atoms with E-state index in [2.05, 4.69) is 57.6 Å². The number of benzene rings is 2. The lowest BCUT2D eigenvalue weighted by Gasteiger charge is -2.37. The lowest BCUT2D eigenvalue weighted by atomic mass is 10.2. The van der Waals surface area contributed by atoms with Crippen molar-refractivity contribution >= 4 is 34.3 Å². The third-order valence-electron chi connectivity index (χ3n) is 4.83. The SMILES string of the molecule is O=C(Cc1cccs1)Nc1ccc(N2CCN(c3ccccc3)CC2)cc1. The van der Waals surface area contributed by atoms with Crippen LogP contribution in [0.15, 0.2) is 72.1 Å². The largest absolute Gasteiger partial charge is 0.368 e. The standard InChI is InChI=1S/C22H23N3OS/c26-22(17-21-7-4-16-27-21)23-18-8-10-20(11-9-18)25-14-12-24(13-15-25)19-5-2-1-3-6-19/h1-11,16H,12-15,17H2,(H,23,26). The number of nitrogens with zero attached hydrogens (tertiary/aromatic N) is 2. The van der Waals surface area contributed by atoms with Crippen LogP contribution in [0.1, 0.15) is 4.88 Å². The van der Waals surface area contributed by atoms with E-state index in [-0.39, 0.29) is 5.91 Å². The van der Waals surface area contributed by atoms with Gasteiger partial charge < -0.3 is 15.1 Å². The Morgan fingerprint density at radius 2 is 1.44 bits per heavy atom. The predicted octanol–water partition coefficient (Wildman–Crippen LogP) is 4.26. The molecule has 0 atom stereocenters. The maximum atomic E-state index is 12.1. The fraction of sp³-hybridized carbons (Fsp3) is 0.227. The van der Waals surface area contributed by atoms with E-state index in [1.807, 2.05) is 29.6 Å². The Hall–Kier alpha value is -2.79. The number of carbonyl (C=O) groups is 1. The first kappa shape index (κ1) is 17.6. The molecule has 27 heavy (non-hydrogen) atoms. The summed E-state index contributed by atoms with van der Waals surface area (Å²) >= 11 is 1.61. The topological polar surface area (TPSA) is 35.6 Å². The molecule has 2 aromatic carbocycles. The third kappa shape index (κ3) is 4.49. The molecule has 4 rings (SSSR count). The second-order valence-electron chi connectivity index (χ2n) is 6.66. The lowest BCUT2D eigenvalue weighted by molar-refractivity contribution is -0.115. The number of hydrogen-bond donors (Lipinski definition) is 1. The number of amides is 1. The summed E-state index contributed by atoms with van der Waals surface area (Å²) in [5.74, 6) is 0.0293. The summed E-state index contributed by atoms with van der Waals surface area (Å²) in [5.41, 5.74) is 3.35. The maximum absolute atomic E-state index is 12.1. The van der Waals surface area contributed by atoms with Gasteiger partial charge in [0.1, 0.15) is 0 Å². The number of anilines is 3. The molecule has 1 N–H and O–H groups in total. The van der Waals surface area contributed by atoms with Crippen LogP contribution in [0.2, 0.25) is 0 Å². The predicted molar refractivity (Wildman–Crippen MR) is 114 cm³/mol. The summed E-state index contributed by atoms with van der Waals surface area (Å²) in [6.45, 7) is 4.03. The van der Waals surface area contributed by atoms with Gasteiger partial charge in [0.25, 0.3) is 0 Å². The van der Waals surface area contributed by atoms with Gasteiger partial charge in [0.2, 0.25) is 5.91 Å². The van der Waals surface area contributed by atoms with Crippen LogP contribution in [0.4, 0.5) is 17.1 Å². The summed E-state index contributed by atoms with van der Waals surface area (Å²) < 4.78 is 0. The number of piperazine rings is 1. The highest BCUT2D eigenvalue weighted by atomic mass is 32.1. The second kappa shape index (κ2) is 8.27. The van der Waals surface area contributed by atoms with Crippen molar-refractivity contribution in [1.82, 2.24) is 0 Å². The zero-order chi connectivity index (χ0) is 18.5. The van der Waals surface area contributed by atoms with E-state index in [4.69, 9.17) is 0 Å². The number of para-hydroxylation sites is 1. The first-order valence-electron chi connectivity index (χ1n) is 9.25. The molecule has 1 amide bonds. The maximum Gasteiger partial charge on any atom is 0.229 e. The summed E-state index contributed by atoms with van der Waals surface area (Å²) in [7, 11) is 0. The summed E-state index contributed by atoms with van der Waals surface area (Å²) in [5, 5.41) is 4.97. The van der Waals surface area contributed by atoms with Crippen molar-refractivity contribution in [2.45, 2.75) is 6.42 Å². The highest BCUT2D eigenvalue weighted by molar-refractivity contribution is 7.10. The van der Waals surface area contributed by atoms with Gasteiger partial charge in [0, 0.05) is 48.1 Å². The van der Waals surface area contributed by atoms with Crippen molar-refractivity contribution in [3.05, 3.63) is 77.0 Å². The quantitative estimate of drug-likeness (QED) is 0.722. The summed E-state index contributed by atoms with van der Waals surface area (Å²) in [6, 6.07) is 22.7. The Morgan fingerprint density at radius 1 is 0.815 bits per heavy atom. The van der Waals surface area contributed by atoms with Gasteiger partial charge in [-0.1, -0.05) is 24.3 Å². The monoisotopic (exact) mass is 377 g/mol. The average molecular weight is 378 g/mol. The molecular formula is C22H23N3OS. The lowest BCUT2D eigenvalue weighted by Crippen LogP contribution is -2.46. The fourth-order valence-corrected chi connectivity index (χ4v) is 4.10. The molecule has 1 aliphatic rings.